The van der Waals surface area contributed by atoms with Crippen LogP contribution in [0.15, 0.2) is 42.5 Å². The van der Waals surface area contributed by atoms with Crippen LogP contribution in [0.4, 0.5) is 10.6 Å². The van der Waals surface area contributed by atoms with E-state index in [2.05, 4.69) is 15.6 Å². The van der Waals surface area contributed by atoms with Gasteiger partial charge in [-0.15, -0.1) is 0 Å². The van der Waals surface area contributed by atoms with Crippen molar-refractivity contribution in [1.82, 2.24) is 15.2 Å². The molecule has 1 aromatic carbocycles. The summed E-state index contributed by atoms with van der Waals surface area (Å²) in [5.74, 6) is -0.198. The lowest BCUT2D eigenvalue weighted by molar-refractivity contribution is -0.125. The molecule has 4 amide bonds. The Morgan fingerprint density at radius 3 is 2.71 bits per heavy atom. The zero-order valence-corrected chi connectivity index (χ0v) is 13.1. The van der Waals surface area contributed by atoms with Crippen molar-refractivity contribution in [3.05, 3.63) is 59.3 Å². The van der Waals surface area contributed by atoms with Gasteiger partial charge in [-0.25, -0.2) is 9.78 Å². The normalized spacial score (nSPS) is 13.8. The van der Waals surface area contributed by atoms with Crippen molar-refractivity contribution in [2.24, 2.45) is 0 Å². The molecule has 7 nitrogen and oxygen atoms in total. The first kappa shape index (κ1) is 15.7. The highest BCUT2D eigenvalue weighted by Gasteiger charge is 2.29. The van der Waals surface area contributed by atoms with Gasteiger partial charge in [-0.3, -0.25) is 14.5 Å². The van der Waals surface area contributed by atoms with Crippen LogP contribution in [0.1, 0.15) is 21.6 Å². The van der Waals surface area contributed by atoms with Crippen molar-refractivity contribution >= 4 is 23.7 Å². The van der Waals surface area contributed by atoms with Gasteiger partial charge in [0, 0.05) is 11.3 Å². The summed E-state index contributed by atoms with van der Waals surface area (Å²) in [4.78, 5) is 41.3. The summed E-state index contributed by atoms with van der Waals surface area (Å²) in [6, 6.07) is 11.7. The van der Waals surface area contributed by atoms with Crippen LogP contribution in [0.5, 0.6) is 0 Å². The van der Waals surface area contributed by atoms with Crippen molar-refractivity contribution in [2.45, 2.75) is 13.5 Å². The predicted octanol–water partition coefficient (Wildman–Crippen LogP) is 1.69. The fraction of sp³-hybridized carbons (Fsp3) is 0.176. The second-order valence-corrected chi connectivity index (χ2v) is 5.41. The van der Waals surface area contributed by atoms with Gasteiger partial charge in [0.2, 0.25) is 5.91 Å². The third kappa shape index (κ3) is 3.24. The van der Waals surface area contributed by atoms with E-state index in [1.807, 2.05) is 13.0 Å². The number of hydrogen-bond donors (Lipinski definition) is 2. The maximum Gasteiger partial charge on any atom is 0.324 e. The van der Waals surface area contributed by atoms with Gasteiger partial charge in [-0.1, -0.05) is 24.3 Å². The van der Waals surface area contributed by atoms with E-state index in [0.717, 1.165) is 10.6 Å². The molecule has 1 aromatic heterocycles. The van der Waals surface area contributed by atoms with E-state index in [0.29, 0.717) is 16.9 Å². The van der Waals surface area contributed by atoms with Crippen molar-refractivity contribution in [1.29, 1.82) is 0 Å². The number of carbonyl (C=O) groups excluding carboxylic acids is 3. The minimum Gasteiger partial charge on any atom is -0.329 e. The molecule has 1 fully saturated rings. The molecule has 3 rings (SSSR count). The average Bonchev–Trinajstić information content (AvgIpc) is 2.87. The van der Waals surface area contributed by atoms with E-state index >= 15 is 0 Å². The molecular formula is C17H16N4O3. The Bertz CT molecular complexity index is 803. The van der Waals surface area contributed by atoms with Crippen molar-refractivity contribution in [3.63, 3.8) is 0 Å². The van der Waals surface area contributed by atoms with Gasteiger partial charge in [0.05, 0.1) is 13.1 Å². The van der Waals surface area contributed by atoms with Crippen LogP contribution >= 0.6 is 0 Å². The molecule has 0 saturated carbocycles. The SMILES string of the molecule is Cc1cccc(NC(=O)c2ccccc2CN2C(=O)CNC2=O)n1. The Morgan fingerprint density at radius 1 is 1.21 bits per heavy atom. The first-order valence-electron chi connectivity index (χ1n) is 7.46. The number of amides is 4. The van der Waals surface area contributed by atoms with Crippen LogP contribution in [0.25, 0.3) is 0 Å². The van der Waals surface area contributed by atoms with Crippen molar-refractivity contribution in [3.8, 4) is 0 Å². The van der Waals surface area contributed by atoms with E-state index in [-0.39, 0.29) is 24.9 Å². The van der Waals surface area contributed by atoms with E-state index in [4.69, 9.17) is 0 Å². The minimum absolute atomic E-state index is 0.0135. The molecule has 0 bridgehead atoms. The van der Waals surface area contributed by atoms with Crippen LogP contribution in [-0.2, 0) is 11.3 Å². The van der Waals surface area contributed by atoms with E-state index in [9.17, 15) is 14.4 Å². The van der Waals surface area contributed by atoms with E-state index < -0.39 is 6.03 Å². The number of benzene rings is 1. The number of urea groups is 1. The highest BCUT2D eigenvalue weighted by molar-refractivity contribution is 6.05. The zero-order valence-electron chi connectivity index (χ0n) is 13.1. The van der Waals surface area contributed by atoms with Gasteiger partial charge < -0.3 is 10.6 Å². The number of pyridine rings is 1. The van der Waals surface area contributed by atoms with E-state index in [1.54, 1.807) is 36.4 Å². The Kier molecular flexibility index (Phi) is 4.24. The number of anilines is 1. The Morgan fingerprint density at radius 2 is 2.00 bits per heavy atom. The number of rotatable bonds is 4. The summed E-state index contributed by atoms with van der Waals surface area (Å²) in [5.41, 5.74) is 1.78. The maximum absolute atomic E-state index is 12.5. The van der Waals surface area contributed by atoms with Crippen LogP contribution in [0.2, 0.25) is 0 Å². The molecule has 122 valence electrons. The third-order valence-corrected chi connectivity index (χ3v) is 3.66. The molecule has 1 aliphatic heterocycles. The summed E-state index contributed by atoms with van der Waals surface area (Å²) in [6.45, 7) is 1.87. The smallest absolute Gasteiger partial charge is 0.324 e. The summed E-state index contributed by atoms with van der Waals surface area (Å²) in [5, 5.41) is 5.19. The molecule has 0 unspecified atom stereocenters. The number of hydrogen-bond acceptors (Lipinski definition) is 4. The first-order chi connectivity index (χ1) is 11.5. The van der Waals surface area contributed by atoms with Gasteiger partial charge in [0.15, 0.2) is 0 Å². The van der Waals surface area contributed by atoms with Crippen molar-refractivity contribution in [2.75, 3.05) is 11.9 Å². The van der Waals surface area contributed by atoms with Crippen LogP contribution in [-0.4, -0.2) is 34.3 Å². The summed E-state index contributed by atoms with van der Waals surface area (Å²) >= 11 is 0. The van der Waals surface area contributed by atoms with Gasteiger partial charge in [0.25, 0.3) is 5.91 Å². The van der Waals surface area contributed by atoms with Gasteiger partial charge in [0.1, 0.15) is 5.82 Å². The Labute approximate surface area is 138 Å². The molecule has 24 heavy (non-hydrogen) atoms. The average molecular weight is 324 g/mol. The number of carbonyl (C=O) groups is 3. The highest BCUT2D eigenvalue weighted by Crippen LogP contribution is 2.16. The van der Waals surface area contributed by atoms with Gasteiger partial charge in [-0.2, -0.15) is 0 Å². The molecule has 0 spiro atoms. The van der Waals surface area contributed by atoms with Crippen molar-refractivity contribution < 1.29 is 14.4 Å². The number of imide groups is 1. The number of nitrogens with zero attached hydrogens (tertiary/aromatic N) is 2. The Hall–Kier alpha value is -3.22. The fourth-order valence-corrected chi connectivity index (χ4v) is 2.46. The lowest BCUT2D eigenvalue weighted by Gasteiger charge is -2.15. The summed E-state index contributed by atoms with van der Waals surface area (Å²) < 4.78 is 0. The first-order valence-corrected chi connectivity index (χ1v) is 7.46. The maximum atomic E-state index is 12.5. The Balaban J connectivity index is 1.82. The fourth-order valence-electron chi connectivity index (χ4n) is 2.46. The molecule has 7 heteroatoms. The zero-order chi connectivity index (χ0) is 17.1. The van der Waals surface area contributed by atoms with Gasteiger partial charge >= 0.3 is 6.03 Å². The predicted molar refractivity (Wildman–Crippen MR) is 87.3 cm³/mol. The molecular weight excluding hydrogens is 308 g/mol. The molecule has 2 N–H and O–H groups in total. The number of aromatic nitrogens is 1. The van der Waals surface area contributed by atoms with Gasteiger partial charge in [-0.05, 0) is 30.7 Å². The molecule has 0 atom stereocenters. The monoisotopic (exact) mass is 324 g/mol. The van der Waals surface area contributed by atoms with Crippen LogP contribution < -0.4 is 10.6 Å². The molecule has 0 radical (unpaired) electrons. The van der Waals surface area contributed by atoms with Crippen LogP contribution in [0, 0.1) is 6.92 Å². The number of nitrogens with one attached hydrogen (secondary N) is 2. The second kappa shape index (κ2) is 6.49. The summed E-state index contributed by atoms with van der Waals surface area (Å²) in [7, 11) is 0. The molecule has 0 aliphatic carbocycles. The quantitative estimate of drug-likeness (QED) is 0.837. The molecule has 1 aliphatic rings. The van der Waals surface area contributed by atoms with E-state index in [1.165, 1.54) is 0 Å². The second-order valence-electron chi connectivity index (χ2n) is 5.41. The summed E-state index contributed by atoms with van der Waals surface area (Å²) in [6.07, 6.45) is 0. The molecule has 2 aromatic rings. The molecule has 2 heterocycles. The lowest BCUT2D eigenvalue weighted by atomic mass is 10.1. The van der Waals surface area contributed by atoms with Crippen LogP contribution in [0.3, 0.4) is 0 Å². The highest BCUT2D eigenvalue weighted by atomic mass is 16.2. The standard InChI is InChI=1S/C17H16N4O3/c1-11-5-4-8-14(19-11)20-16(23)13-7-3-2-6-12(13)10-21-15(22)9-18-17(21)24/h2-8H,9-10H2,1H3,(H,18,24)(H,19,20,23). The number of aryl methyl sites for hydroxylation is 1. The molecule has 1 saturated heterocycles. The third-order valence-electron chi connectivity index (χ3n) is 3.66. The topological polar surface area (TPSA) is 91.4 Å². The lowest BCUT2D eigenvalue weighted by Crippen LogP contribution is -2.31. The minimum atomic E-state index is -0.449. The largest absolute Gasteiger partial charge is 0.329 e.